The molecule has 0 aliphatic carbocycles. The Labute approximate surface area is 126 Å². The molecule has 2 aromatic heterocycles. The number of hydrogen-bond acceptors (Lipinski definition) is 3. The quantitative estimate of drug-likeness (QED) is 0.807. The molecule has 2 N–H and O–H groups in total. The molecule has 106 valence electrons. The van der Waals surface area contributed by atoms with E-state index in [-0.39, 0.29) is 5.02 Å². The van der Waals surface area contributed by atoms with Gasteiger partial charge in [-0.3, -0.25) is 4.98 Å². The number of halogens is 2. The molecule has 0 aliphatic heterocycles. The number of imidazole rings is 1. The lowest BCUT2D eigenvalue weighted by Gasteiger charge is -2.10. The van der Waals surface area contributed by atoms with Crippen molar-refractivity contribution in [3.63, 3.8) is 0 Å². The summed E-state index contributed by atoms with van der Waals surface area (Å²) >= 11 is 5.81. The molecule has 0 spiro atoms. The summed E-state index contributed by atoms with van der Waals surface area (Å²) in [5.41, 5.74) is 9.13. The van der Waals surface area contributed by atoms with E-state index in [2.05, 4.69) is 9.97 Å². The SMILES string of the molecule is Nc1ccncc1-c1cncn1Cc1ccc(F)c(Cl)c1. The van der Waals surface area contributed by atoms with Crippen molar-refractivity contribution >= 4 is 17.3 Å². The molecule has 0 atom stereocenters. The Hall–Kier alpha value is -2.40. The molecule has 3 rings (SSSR count). The molecule has 0 amide bonds. The number of nitrogens with zero attached hydrogens (tertiary/aromatic N) is 3. The number of nitrogens with two attached hydrogens (primary N) is 1. The van der Waals surface area contributed by atoms with Gasteiger partial charge in [-0.2, -0.15) is 0 Å². The van der Waals surface area contributed by atoms with Crippen LogP contribution in [-0.4, -0.2) is 14.5 Å². The fourth-order valence-electron chi connectivity index (χ4n) is 2.12. The monoisotopic (exact) mass is 302 g/mol. The van der Waals surface area contributed by atoms with Crippen LogP contribution in [0.5, 0.6) is 0 Å². The molecule has 6 heteroatoms. The van der Waals surface area contributed by atoms with Gasteiger partial charge in [0.15, 0.2) is 0 Å². The molecule has 0 bridgehead atoms. The minimum atomic E-state index is -0.428. The lowest BCUT2D eigenvalue weighted by Crippen LogP contribution is -2.02. The first-order chi connectivity index (χ1) is 10.1. The Balaban J connectivity index is 1.96. The van der Waals surface area contributed by atoms with Crippen molar-refractivity contribution in [2.24, 2.45) is 0 Å². The van der Waals surface area contributed by atoms with E-state index in [0.29, 0.717) is 12.2 Å². The van der Waals surface area contributed by atoms with E-state index in [1.807, 2.05) is 4.57 Å². The molecular formula is C15H12ClFN4. The Morgan fingerprint density at radius 3 is 2.81 bits per heavy atom. The number of hydrogen-bond donors (Lipinski definition) is 1. The molecule has 1 aromatic carbocycles. The van der Waals surface area contributed by atoms with Crippen LogP contribution in [0.1, 0.15) is 5.56 Å². The summed E-state index contributed by atoms with van der Waals surface area (Å²) in [5, 5.41) is 0.107. The number of anilines is 1. The number of aromatic nitrogens is 3. The average molecular weight is 303 g/mol. The number of rotatable bonds is 3. The molecule has 0 saturated carbocycles. The molecule has 0 unspecified atom stereocenters. The molecule has 3 aromatic rings. The Morgan fingerprint density at radius 1 is 1.19 bits per heavy atom. The van der Waals surface area contributed by atoms with Crippen molar-refractivity contribution < 1.29 is 4.39 Å². The predicted molar refractivity (Wildman–Crippen MR) is 80.4 cm³/mol. The topological polar surface area (TPSA) is 56.7 Å². The summed E-state index contributed by atoms with van der Waals surface area (Å²) in [6.07, 6.45) is 6.75. The summed E-state index contributed by atoms with van der Waals surface area (Å²) in [4.78, 5) is 8.23. The summed E-state index contributed by atoms with van der Waals surface area (Å²) in [5.74, 6) is -0.428. The molecular weight excluding hydrogens is 291 g/mol. The fourth-order valence-corrected chi connectivity index (χ4v) is 2.33. The second-order valence-electron chi connectivity index (χ2n) is 4.62. The van der Waals surface area contributed by atoms with E-state index in [1.54, 1.807) is 43.1 Å². The normalized spacial score (nSPS) is 10.8. The molecule has 0 saturated heterocycles. The van der Waals surface area contributed by atoms with Crippen LogP contribution in [0.3, 0.4) is 0 Å². The Morgan fingerprint density at radius 2 is 2.05 bits per heavy atom. The van der Waals surface area contributed by atoms with Crippen LogP contribution in [-0.2, 0) is 6.54 Å². The van der Waals surface area contributed by atoms with Gasteiger partial charge in [-0.1, -0.05) is 17.7 Å². The minimum Gasteiger partial charge on any atom is -0.398 e. The third kappa shape index (κ3) is 2.73. The predicted octanol–water partition coefficient (Wildman–Crippen LogP) is 3.37. The van der Waals surface area contributed by atoms with Gasteiger partial charge in [0.1, 0.15) is 5.82 Å². The Bertz CT molecular complexity index is 785. The molecule has 4 nitrogen and oxygen atoms in total. The number of nitrogen functional groups attached to an aromatic ring is 1. The molecule has 0 aliphatic rings. The van der Waals surface area contributed by atoms with Crippen LogP contribution in [0.2, 0.25) is 5.02 Å². The van der Waals surface area contributed by atoms with Gasteiger partial charge in [-0.15, -0.1) is 0 Å². The van der Waals surface area contributed by atoms with Crippen molar-refractivity contribution in [1.82, 2.24) is 14.5 Å². The molecule has 0 fully saturated rings. The Kier molecular flexibility index (Phi) is 3.58. The van der Waals surface area contributed by atoms with Gasteiger partial charge in [0.25, 0.3) is 0 Å². The summed E-state index contributed by atoms with van der Waals surface area (Å²) in [6, 6.07) is 6.39. The maximum Gasteiger partial charge on any atom is 0.141 e. The van der Waals surface area contributed by atoms with Crippen molar-refractivity contribution in [3.05, 3.63) is 65.6 Å². The van der Waals surface area contributed by atoms with Crippen LogP contribution < -0.4 is 5.73 Å². The first-order valence-corrected chi connectivity index (χ1v) is 6.67. The van der Waals surface area contributed by atoms with Gasteiger partial charge in [-0.05, 0) is 23.8 Å². The first-order valence-electron chi connectivity index (χ1n) is 6.29. The van der Waals surface area contributed by atoms with E-state index in [1.165, 1.54) is 6.07 Å². The lowest BCUT2D eigenvalue weighted by molar-refractivity contribution is 0.627. The number of pyridine rings is 1. The van der Waals surface area contributed by atoms with Crippen molar-refractivity contribution in [2.75, 3.05) is 5.73 Å². The van der Waals surface area contributed by atoms with E-state index in [4.69, 9.17) is 17.3 Å². The average Bonchev–Trinajstić information content (AvgIpc) is 2.91. The second kappa shape index (κ2) is 5.54. The summed E-state index contributed by atoms with van der Waals surface area (Å²) in [7, 11) is 0. The first kappa shape index (κ1) is 13.6. The van der Waals surface area contributed by atoms with Gasteiger partial charge in [-0.25, -0.2) is 9.37 Å². The van der Waals surface area contributed by atoms with E-state index in [9.17, 15) is 4.39 Å². The second-order valence-corrected chi connectivity index (χ2v) is 5.03. The maximum atomic E-state index is 13.2. The van der Waals surface area contributed by atoms with Crippen molar-refractivity contribution in [1.29, 1.82) is 0 Å². The number of benzene rings is 1. The largest absolute Gasteiger partial charge is 0.398 e. The van der Waals surface area contributed by atoms with Crippen LogP contribution in [0.4, 0.5) is 10.1 Å². The highest BCUT2D eigenvalue weighted by atomic mass is 35.5. The highest BCUT2D eigenvalue weighted by molar-refractivity contribution is 6.30. The van der Waals surface area contributed by atoms with Gasteiger partial charge in [0, 0.05) is 30.2 Å². The van der Waals surface area contributed by atoms with Crippen LogP contribution in [0.15, 0.2) is 49.2 Å². The fraction of sp³-hybridized carbons (Fsp3) is 0.0667. The third-order valence-electron chi connectivity index (χ3n) is 3.18. The summed E-state index contributed by atoms with van der Waals surface area (Å²) < 4.78 is 15.1. The van der Waals surface area contributed by atoms with Gasteiger partial charge >= 0.3 is 0 Å². The zero-order valence-electron chi connectivity index (χ0n) is 11.0. The van der Waals surface area contributed by atoms with E-state index >= 15 is 0 Å². The van der Waals surface area contributed by atoms with Crippen LogP contribution >= 0.6 is 11.6 Å². The van der Waals surface area contributed by atoms with Gasteiger partial charge in [0.05, 0.1) is 23.2 Å². The standard InChI is InChI=1S/C15H12ClFN4/c16-12-5-10(1-2-13(12)17)8-21-9-20-7-15(21)11-6-19-4-3-14(11)18/h1-7,9H,8H2,(H2,18,19). The highest BCUT2D eigenvalue weighted by Gasteiger charge is 2.10. The summed E-state index contributed by atoms with van der Waals surface area (Å²) in [6.45, 7) is 0.518. The van der Waals surface area contributed by atoms with Gasteiger partial charge < -0.3 is 10.3 Å². The smallest absolute Gasteiger partial charge is 0.141 e. The molecule has 2 heterocycles. The maximum absolute atomic E-state index is 13.2. The van der Waals surface area contributed by atoms with Crippen LogP contribution in [0, 0.1) is 5.82 Å². The van der Waals surface area contributed by atoms with E-state index < -0.39 is 5.82 Å². The molecule has 0 radical (unpaired) electrons. The third-order valence-corrected chi connectivity index (χ3v) is 3.47. The lowest BCUT2D eigenvalue weighted by atomic mass is 10.1. The van der Waals surface area contributed by atoms with Crippen LogP contribution in [0.25, 0.3) is 11.3 Å². The van der Waals surface area contributed by atoms with Gasteiger partial charge in [0.2, 0.25) is 0 Å². The zero-order chi connectivity index (χ0) is 14.8. The molecule has 21 heavy (non-hydrogen) atoms. The zero-order valence-corrected chi connectivity index (χ0v) is 11.8. The minimum absolute atomic E-state index is 0.107. The van der Waals surface area contributed by atoms with Crippen molar-refractivity contribution in [3.8, 4) is 11.3 Å². The van der Waals surface area contributed by atoms with E-state index in [0.717, 1.165) is 16.8 Å². The highest BCUT2D eigenvalue weighted by Crippen LogP contribution is 2.25. The van der Waals surface area contributed by atoms with Crippen molar-refractivity contribution in [2.45, 2.75) is 6.54 Å².